The first-order chi connectivity index (χ1) is 15.3. The van der Waals surface area contributed by atoms with Gasteiger partial charge in [0.2, 0.25) is 5.91 Å². The molecular weight excluding hydrogens is 495 g/mol. The van der Waals surface area contributed by atoms with Crippen LogP contribution < -0.4 is 5.32 Å². The molecule has 32 heavy (non-hydrogen) atoms. The zero-order valence-electron chi connectivity index (χ0n) is 16.1. The lowest BCUT2D eigenvalue weighted by molar-refractivity contribution is -0.127. The third-order valence-corrected chi connectivity index (χ3v) is 6.22. The summed E-state index contributed by atoms with van der Waals surface area (Å²) < 4.78 is 5.75. The van der Waals surface area contributed by atoms with Crippen LogP contribution in [0.25, 0.3) is 17.4 Å². The molecule has 10 heteroatoms. The van der Waals surface area contributed by atoms with Crippen molar-refractivity contribution in [3.05, 3.63) is 80.3 Å². The lowest BCUT2D eigenvalue weighted by Gasteiger charge is -2.13. The van der Waals surface area contributed by atoms with Crippen molar-refractivity contribution < 1.29 is 18.8 Å². The van der Waals surface area contributed by atoms with Crippen molar-refractivity contribution in [2.45, 2.75) is 0 Å². The van der Waals surface area contributed by atoms with Crippen LogP contribution in [0.15, 0.2) is 63.9 Å². The minimum atomic E-state index is -0.590. The number of carbonyl (C=O) groups is 3. The number of hydrogen-bond acceptors (Lipinski definition) is 5. The van der Waals surface area contributed by atoms with Crippen LogP contribution in [0, 0.1) is 0 Å². The van der Waals surface area contributed by atoms with Crippen LogP contribution in [-0.4, -0.2) is 28.5 Å². The molecule has 0 saturated carbocycles. The van der Waals surface area contributed by atoms with Crippen molar-refractivity contribution in [3.8, 4) is 11.3 Å². The highest BCUT2D eigenvalue weighted by Gasteiger charge is 2.36. The van der Waals surface area contributed by atoms with E-state index >= 15 is 0 Å². The summed E-state index contributed by atoms with van der Waals surface area (Å²) >= 11 is 19.0. The quantitative estimate of drug-likeness (QED) is 0.395. The van der Waals surface area contributed by atoms with Gasteiger partial charge in [-0.1, -0.05) is 46.9 Å². The molecule has 3 amide bonds. The number of nitrogens with one attached hydrogen (secondary N) is 1. The molecule has 1 aliphatic rings. The van der Waals surface area contributed by atoms with E-state index in [1.54, 1.807) is 54.6 Å². The predicted molar refractivity (Wildman–Crippen MR) is 127 cm³/mol. The Bertz CT molecular complexity index is 1270. The number of halogens is 3. The van der Waals surface area contributed by atoms with E-state index < -0.39 is 23.6 Å². The summed E-state index contributed by atoms with van der Waals surface area (Å²) in [6.07, 6.45) is 1.44. The van der Waals surface area contributed by atoms with E-state index in [-0.39, 0.29) is 4.91 Å². The summed E-state index contributed by atoms with van der Waals surface area (Å²) in [5, 5.41) is 3.34. The van der Waals surface area contributed by atoms with Gasteiger partial charge in [0.1, 0.15) is 18.1 Å². The maximum Gasteiger partial charge on any atom is 0.294 e. The second-order valence-electron chi connectivity index (χ2n) is 6.62. The Balaban J connectivity index is 1.48. The Morgan fingerprint density at radius 2 is 1.81 bits per heavy atom. The second kappa shape index (κ2) is 9.42. The van der Waals surface area contributed by atoms with Crippen LogP contribution in [-0.2, 0) is 9.59 Å². The number of benzene rings is 2. The smallest absolute Gasteiger partial charge is 0.294 e. The SMILES string of the molecule is O=C(CN1C(=O)S/C(=C/c2ccc(-c3cc(Cl)ccc3Cl)o2)C1=O)Nc1ccccc1Cl. The topological polar surface area (TPSA) is 79.6 Å². The fourth-order valence-corrected chi connectivity index (χ4v) is 4.31. The highest BCUT2D eigenvalue weighted by atomic mass is 35.5. The van der Waals surface area contributed by atoms with E-state index in [0.29, 0.717) is 37.8 Å². The van der Waals surface area contributed by atoms with E-state index in [9.17, 15) is 14.4 Å². The zero-order valence-corrected chi connectivity index (χ0v) is 19.2. The molecule has 4 rings (SSSR count). The molecular formula is C22H13Cl3N2O4S. The number of thioether (sulfide) groups is 1. The highest BCUT2D eigenvalue weighted by molar-refractivity contribution is 8.18. The van der Waals surface area contributed by atoms with Crippen molar-refractivity contribution >= 4 is 75.4 Å². The van der Waals surface area contributed by atoms with Crippen molar-refractivity contribution in [2.75, 3.05) is 11.9 Å². The zero-order chi connectivity index (χ0) is 22.8. The van der Waals surface area contributed by atoms with Gasteiger partial charge in [0.05, 0.1) is 20.6 Å². The Morgan fingerprint density at radius 3 is 2.59 bits per heavy atom. The first-order valence-corrected chi connectivity index (χ1v) is 11.1. The van der Waals surface area contributed by atoms with Crippen LogP contribution in [0.4, 0.5) is 10.5 Å². The van der Waals surface area contributed by atoms with Gasteiger partial charge in [-0.2, -0.15) is 0 Å². The number of carbonyl (C=O) groups excluding carboxylic acids is 3. The Labute approximate surface area is 202 Å². The first-order valence-electron chi connectivity index (χ1n) is 9.17. The summed E-state index contributed by atoms with van der Waals surface area (Å²) in [4.78, 5) is 38.3. The molecule has 0 bridgehead atoms. The molecule has 1 fully saturated rings. The average molecular weight is 508 g/mol. The Kier molecular flexibility index (Phi) is 6.62. The van der Waals surface area contributed by atoms with Crippen LogP contribution in [0.3, 0.4) is 0 Å². The van der Waals surface area contributed by atoms with Crippen molar-refractivity contribution in [3.63, 3.8) is 0 Å². The molecule has 6 nitrogen and oxygen atoms in total. The van der Waals surface area contributed by atoms with Crippen LogP contribution in [0.5, 0.6) is 0 Å². The maximum atomic E-state index is 12.7. The summed E-state index contributed by atoms with van der Waals surface area (Å²) in [5.74, 6) is -0.324. The molecule has 1 saturated heterocycles. The number of rotatable bonds is 5. The number of nitrogens with zero attached hydrogens (tertiary/aromatic N) is 1. The van der Waals surface area contributed by atoms with E-state index in [4.69, 9.17) is 39.2 Å². The Morgan fingerprint density at radius 1 is 1.03 bits per heavy atom. The van der Waals surface area contributed by atoms with Gasteiger partial charge in [-0.05, 0) is 54.2 Å². The molecule has 2 heterocycles. The van der Waals surface area contributed by atoms with Gasteiger partial charge in [-0.15, -0.1) is 0 Å². The number of furan rings is 1. The number of imide groups is 1. The highest BCUT2D eigenvalue weighted by Crippen LogP contribution is 2.35. The average Bonchev–Trinajstić information content (AvgIpc) is 3.32. The van der Waals surface area contributed by atoms with Crippen molar-refractivity contribution in [1.29, 1.82) is 0 Å². The molecule has 0 spiro atoms. The normalized spacial score (nSPS) is 15.0. The van der Waals surface area contributed by atoms with Gasteiger partial charge in [0, 0.05) is 16.7 Å². The van der Waals surface area contributed by atoms with Gasteiger partial charge in [0.25, 0.3) is 11.1 Å². The summed E-state index contributed by atoms with van der Waals surface area (Å²) in [6.45, 7) is -0.436. The van der Waals surface area contributed by atoms with Gasteiger partial charge < -0.3 is 9.73 Å². The third kappa shape index (κ3) is 4.86. The summed E-state index contributed by atoms with van der Waals surface area (Å²) in [5.41, 5.74) is 0.993. The minimum absolute atomic E-state index is 0.138. The Hall–Kier alpha value is -2.71. The molecule has 0 unspecified atom stereocenters. The standard InChI is InChI=1S/C22H13Cl3N2O4S/c23-12-5-7-15(24)14(9-12)18-8-6-13(31-18)10-19-21(29)27(22(30)32-19)11-20(28)26-17-4-2-1-3-16(17)25/h1-10H,11H2,(H,26,28)/b19-10+. The molecule has 1 aliphatic heterocycles. The number of amides is 3. The molecule has 0 aliphatic carbocycles. The van der Waals surface area contributed by atoms with Gasteiger partial charge in [-0.25, -0.2) is 0 Å². The van der Waals surface area contributed by atoms with Crippen molar-refractivity contribution in [2.24, 2.45) is 0 Å². The fraction of sp³-hybridized carbons (Fsp3) is 0.0455. The van der Waals surface area contributed by atoms with Crippen molar-refractivity contribution in [1.82, 2.24) is 4.90 Å². The van der Waals surface area contributed by atoms with Crippen LogP contribution in [0.1, 0.15) is 5.76 Å². The third-order valence-electron chi connectivity index (χ3n) is 4.42. The maximum absolute atomic E-state index is 12.7. The molecule has 1 N–H and O–H groups in total. The molecule has 1 aromatic heterocycles. The lowest BCUT2D eigenvalue weighted by Crippen LogP contribution is -2.36. The number of para-hydroxylation sites is 1. The fourth-order valence-electron chi connectivity index (χ4n) is 2.92. The van der Waals surface area contributed by atoms with Crippen LogP contribution >= 0.6 is 46.6 Å². The summed E-state index contributed by atoms with van der Waals surface area (Å²) in [7, 11) is 0. The largest absolute Gasteiger partial charge is 0.457 e. The molecule has 0 atom stereocenters. The minimum Gasteiger partial charge on any atom is -0.457 e. The monoisotopic (exact) mass is 506 g/mol. The van der Waals surface area contributed by atoms with E-state index in [2.05, 4.69) is 5.32 Å². The van der Waals surface area contributed by atoms with Gasteiger partial charge >= 0.3 is 0 Å². The summed E-state index contributed by atoms with van der Waals surface area (Å²) in [6, 6.07) is 15.0. The number of hydrogen-bond donors (Lipinski definition) is 1. The van der Waals surface area contributed by atoms with E-state index in [0.717, 1.165) is 16.7 Å². The molecule has 2 aromatic carbocycles. The van der Waals surface area contributed by atoms with Crippen LogP contribution in [0.2, 0.25) is 15.1 Å². The molecule has 162 valence electrons. The molecule has 3 aromatic rings. The number of anilines is 1. The van der Waals surface area contributed by atoms with E-state index in [1.807, 2.05) is 0 Å². The van der Waals surface area contributed by atoms with Gasteiger partial charge in [-0.3, -0.25) is 19.3 Å². The predicted octanol–water partition coefficient (Wildman–Crippen LogP) is 6.58. The first kappa shape index (κ1) is 22.5. The lowest BCUT2D eigenvalue weighted by atomic mass is 10.2. The van der Waals surface area contributed by atoms with E-state index in [1.165, 1.54) is 6.08 Å². The van der Waals surface area contributed by atoms with Gasteiger partial charge in [0.15, 0.2) is 0 Å². The molecule has 0 radical (unpaired) electrons. The second-order valence-corrected chi connectivity index (χ2v) is 8.87.